The van der Waals surface area contributed by atoms with Crippen molar-refractivity contribution in [2.75, 3.05) is 13.2 Å². The van der Waals surface area contributed by atoms with Crippen molar-refractivity contribution >= 4 is 5.97 Å². The maximum Gasteiger partial charge on any atom is 0.304 e. The molecule has 0 bridgehead atoms. The molecule has 18 heavy (non-hydrogen) atoms. The van der Waals surface area contributed by atoms with E-state index in [9.17, 15) is 4.79 Å². The Hall–Kier alpha value is -1.71. The first kappa shape index (κ1) is 12.7. The first-order chi connectivity index (χ1) is 8.63. The molecule has 0 spiro atoms. The van der Waals surface area contributed by atoms with Crippen LogP contribution < -0.4 is 9.47 Å². The normalized spacial score (nSPS) is 16.1. The van der Waals surface area contributed by atoms with E-state index in [1.165, 1.54) is 0 Å². The van der Waals surface area contributed by atoms with Gasteiger partial charge in [-0.15, -0.1) is 0 Å². The number of hydrogen-bond acceptors (Lipinski definition) is 3. The smallest absolute Gasteiger partial charge is 0.304 e. The topological polar surface area (TPSA) is 55.8 Å². The lowest BCUT2D eigenvalue weighted by Crippen LogP contribution is -2.17. The van der Waals surface area contributed by atoms with Crippen LogP contribution >= 0.6 is 0 Å². The highest BCUT2D eigenvalue weighted by Gasteiger charge is 2.45. The van der Waals surface area contributed by atoms with Crippen LogP contribution in [0.3, 0.4) is 0 Å². The van der Waals surface area contributed by atoms with Crippen molar-refractivity contribution in [3.63, 3.8) is 0 Å². The van der Waals surface area contributed by atoms with E-state index < -0.39 is 5.97 Å². The highest BCUT2D eigenvalue weighted by atomic mass is 16.5. The van der Waals surface area contributed by atoms with Crippen LogP contribution in [-0.2, 0) is 4.79 Å². The van der Waals surface area contributed by atoms with E-state index in [0.29, 0.717) is 13.2 Å². The fourth-order valence-corrected chi connectivity index (χ4v) is 1.90. The SMILES string of the molecule is CCOc1ccc(OCC2(CC(=O)O)CC2)cc1. The van der Waals surface area contributed by atoms with Crippen molar-refractivity contribution in [1.29, 1.82) is 0 Å². The summed E-state index contributed by atoms with van der Waals surface area (Å²) in [4.78, 5) is 10.7. The van der Waals surface area contributed by atoms with E-state index in [1.54, 1.807) is 0 Å². The molecule has 0 atom stereocenters. The Morgan fingerprint density at radius 1 is 1.22 bits per heavy atom. The van der Waals surface area contributed by atoms with Crippen LogP contribution in [0, 0.1) is 5.41 Å². The van der Waals surface area contributed by atoms with Crippen molar-refractivity contribution in [3.8, 4) is 11.5 Å². The zero-order chi connectivity index (χ0) is 13.0. The molecular weight excluding hydrogens is 232 g/mol. The Morgan fingerprint density at radius 3 is 2.22 bits per heavy atom. The van der Waals surface area contributed by atoms with Crippen molar-refractivity contribution in [1.82, 2.24) is 0 Å². The molecule has 0 heterocycles. The van der Waals surface area contributed by atoms with Gasteiger partial charge >= 0.3 is 5.97 Å². The summed E-state index contributed by atoms with van der Waals surface area (Å²) in [5, 5.41) is 8.81. The van der Waals surface area contributed by atoms with Gasteiger partial charge in [-0.25, -0.2) is 0 Å². The molecule has 0 radical (unpaired) electrons. The number of rotatable bonds is 7. The summed E-state index contributed by atoms with van der Waals surface area (Å²) >= 11 is 0. The van der Waals surface area contributed by atoms with Crippen LogP contribution in [0.15, 0.2) is 24.3 Å². The summed E-state index contributed by atoms with van der Waals surface area (Å²) in [5.41, 5.74) is -0.135. The van der Waals surface area contributed by atoms with Gasteiger partial charge in [0.1, 0.15) is 11.5 Å². The van der Waals surface area contributed by atoms with E-state index in [4.69, 9.17) is 14.6 Å². The number of benzene rings is 1. The molecule has 1 aliphatic carbocycles. The lowest BCUT2D eigenvalue weighted by atomic mass is 10.0. The molecule has 2 rings (SSSR count). The molecular formula is C14H18O4. The number of carboxylic acid groups (broad SMARTS) is 1. The lowest BCUT2D eigenvalue weighted by Gasteiger charge is -2.14. The Bertz CT molecular complexity index is 406. The largest absolute Gasteiger partial charge is 0.494 e. The van der Waals surface area contributed by atoms with Crippen LogP contribution in [0.25, 0.3) is 0 Å². The predicted octanol–water partition coefficient (Wildman–Crippen LogP) is 2.72. The third kappa shape index (κ3) is 3.39. The Morgan fingerprint density at radius 2 is 1.78 bits per heavy atom. The van der Waals surface area contributed by atoms with Crippen molar-refractivity contribution < 1.29 is 19.4 Å². The highest BCUT2D eigenvalue weighted by Crippen LogP contribution is 2.49. The summed E-state index contributed by atoms with van der Waals surface area (Å²) in [5.74, 6) is 0.828. The zero-order valence-corrected chi connectivity index (χ0v) is 10.5. The minimum atomic E-state index is -0.747. The summed E-state index contributed by atoms with van der Waals surface area (Å²) in [6, 6.07) is 7.41. The minimum Gasteiger partial charge on any atom is -0.494 e. The molecule has 0 amide bonds. The fourth-order valence-electron chi connectivity index (χ4n) is 1.90. The third-order valence-corrected chi connectivity index (χ3v) is 3.16. The number of ether oxygens (including phenoxy) is 2. The summed E-state index contributed by atoms with van der Waals surface area (Å²) in [7, 11) is 0. The Kier molecular flexibility index (Phi) is 3.75. The van der Waals surface area contributed by atoms with Gasteiger partial charge < -0.3 is 14.6 Å². The van der Waals surface area contributed by atoms with Crippen LogP contribution in [-0.4, -0.2) is 24.3 Å². The first-order valence-corrected chi connectivity index (χ1v) is 6.21. The van der Waals surface area contributed by atoms with Gasteiger partial charge in [-0.1, -0.05) is 0 Å². The maximum absolute atomic E-state index is 10.7. The molecule has 0 aromatic heterocycles. The van der Waals surface area contributed by atoms with E-state index in [1.807, 2.05) is 31.2 Å². The average molecular weight is 250 g/mol. The van der Waals surface area contributed by atoms with Gasteiger partial charge in [0.05, 0.1) is 19.6 Å². The van der Waals surface area contributed by atoms with Crippen molar-refractivity contribution in [2.45, 2.75) is 26.2 Å². The third-order valence-electron chi connectivity index (χ3n) is 3.16. The molecule has 4 nitrogen and oxygen atoms in total. The molecule has 1 aromatic rings. The lowest BCUT2D eigenvalue weighted by molar-refractivity contribution is -0.138. The van der Waals surface area contributed by atoms with Crippen LogP contribution in [0.4, 0.5) is 0 Å². The summed E-state index contributed by atoms with van der Waals surface area (Å²) < 4.78 is 11.0. The van der Waals surface area contributed by atoms with E-state index >= 15 is 0 Å². The number of carbonyl (C=O) groups is 1. The molecule has 4 heteroatoms. The standard InChI is InChI=1S/C14H18O4/c1-2-17-11-3-5-12(6-4-11)18-10-14(7-8-14)9-13(15)16/h3-6H,2,7-10H2,1H3,(H,15,16). The van der Waals surface area contributed by atoms with Gasteiger partial charge in [0.15, 0.2) is 0 Å². The van der Waals surface area contributed by atoms with Gasteiger partial charge in [0.2, 0.25) is 0 Å². The molecule has 0 aliphatic heterocycles. The van der Waals surface area contributed by atoms with E-state index in [0.717, 1.165) is 24.3 Å². The number of hydrogen-bond donors (Lipinski definition) is 1. The van der Waals surface area contributed by atoms with Crippen LogP contribution in [0.2, 0.25) is 0 Å². The number of aliphatic carboxylic acids is 1. The Labute approximate surface area is 107 Å². The quantitative estimate of drug-likeness (QED) is 0.808. The van der Waals surface area contributed by atoms with Gasteiger partial charge in [0, 0.05) is 5.41 Å². The molecule has 1 aliphatic rings. The number of carboxylic acids is 1. The highest BCUT2D eigenvalue weighted by molar-refractivity contribution is 5.68. The second-order valence-corrected chi connectivity index (χ2v) is 4.76. The minimum absolute atomic E-state index is 0.135. The van der Waals surface area contributed by atoms with Crippen LogP contribution in [0.1, 0.15) is 26.2 Å². The fraction of sp³-hybridized carbons (Fsp3) is 0.500. The molecule has 1 fully saturated rings. The molecule has 0 unspecified atom stereocenters. The second-order valence-electron chi connectivity index (χ2n) is 4.76. The maximum atomic E-state index is 10.7. The molecule has 1 aromatic carbocycles. The molecule has 0 saturated heterocycles. The summed E-state index contributed by atoms with van der Waals surface area (Å²) in [6.45, 7) is 3.06. The van der Waals surface area contributed by atoms with Crippen molar-refractivity contribution in [2.24, 2.45) is 5.41 Å². The zero-order valence-electron chi connectivity index (χ0n) is 10.5. The first-order valence-electron chi connectivity index (χ1n) is 6.21. The van der Waals surface area contributed by atoms with Crippen LogP contribution in [0.5, 0.6) is 11.5 Å². The molecule has 1 saturated carbocycles. The van der Waals surface area contributed by atoms with E-state index in [-0.39, 0.29) is 11.8 Å². The molecule has 98 valence electrons. The second kappa shape index (κ2) is 5.29. The predicted molar refractivity (Wildman–Crippen MR) is 67.0 cm³/mol. The van der Waals surface area contributed by atoms with Crippen molar-refractivity contribution in [3.05, 3.63) is 24.3 Å². The van der Waals surface area contributed by atoms with Gasteiger partial charge in [-0.05, 0) is 44.0 Å². The van der Waals surface area contributed by atoms with E-state index in [2.05, 4.69) is 0 Å². The average Bonchev–Trinajstić information content (AvgIpc) is 3.08. The summed E-state index contributed by atoms with van der Waals surface area (Å²) in [6.07, 6.45) is 2.08. The molecule has 1 N–H and O–H groups in total. The van der Waals surface area contributed by atoms with Gasteiger partial charge in [-0.3, -0.25) is 4.79 Å². The van der Waals surface area contributed by atoms with Gasteiger partial charge in [0.25, 0.3) is 0 Å². The monoisotopic (exact) mass is 250 g/mol. The van der Waals surface area contributed by atoms with Gasteiger partial charge in [-0.2, -0.15) is 0 Å². The Balaban J connectivity index is 1.85.